The first kappa shape index (κ1) is 19.9. The number of aromatic nitrogens is 2. The zero-order chi connectivity index (χ0) is 19.4. The summed E-state index contributed by atoms with van der Waals surface area (Å²) >= 11 is 20.9. The van der Waals surface area contributed by atoms with Gasteiger partial charge in [-0.05, 0) is 58.0 Å². The molecule has 27 heavy (non-hydrogen) atoms. The van der Waals surface area contributed by atoms with E-state index in [0.717, 1.165) is 15.7 Å². The molecule has 0 saturated carbocycles. The van der Waals surface area contributed by atoms with E-state index in [1.807, 2.05) is 42.6 Å². The van der Waals surface area contributed by atoms with Crippen molar-refractivity contribution in [2.45, 2.75) is 6.54 Å². The molecule has 0 spiro atoms. The minimum absolute atomic E-state index is 0.403. The first-order chi connectivity index (χ1) is 13.0. The lowest BCUT2D eigenvalue weighted by molar-refractivity contribution is 0.417. The molecule has 0 bridgehead atoms. The van der Waals surface area contributed by atoms with Gasteiger partial charge in [0.15, 0.2) is 10.9 Å². The molecule has 9 heteroatoms. The topological polar surface area (TPSA) is 51.1 Å². The highest BCUT2D eigenvalue weighted by Crippen LogP contribution is 2.26. The Hall–Kier alpha value is -1.80. The van der Waals surface area contributed by atoms with E-state index in [4.69, 9.17) is 40.2 Å². The third-order valence-corrected chi connectivity index (χ3v) is 5.16. The Morgan fingerprint density at radius 1 is 1.19 bits per heavy atom. The number of halogens is 3. The Labute approximate surface area is 180 Å². The van der Waals surface area contributed by atoms with Gasteiger partial charge in [-0.15, -0.1) is 0 Å². The summed E-state index contributed by atoms with van der Waals surface area (Å²) in [5.41, 5.74) is 1.75. The van der Waals surface area contributed by atoms with Crippen LogP contribution in [0.15, 0.2) is 53.1 Å². The Morgan fingerprint density at radius 2 is 1.96 bits per heavy atom. The molecule has 0 aliphatic rings. The number of ether oxygens (including phenoxy) is 1. The maximum Gasteiger partial charge on any atom is 0.176 e. The van der Waals surface area contributed by atoms with Crippen molar-refractivity contribution in [1.82, 2.24) is 9.78 Å². The van der Waals surface area contributed by atoms with Crippen LogP contribution < -0.4 is 15.4 Å². The summed E-state index contributed by atoms with van der Waals surface area (Å²) in [7, 11) is 1.61. The van der Waals surface area contributed by atoms with Gasteiger partial charge in [-0.25, -0.2) is 0 Å². The molecule has 0 fully saturated rings. The van der Waals surface area contributed by atoms with Gasteiger partial charge in [0.05, 0.1) is 33.9 Å². The highest BCUT2D eigenvalue weighted by molar-refractivity contribution is 9.10. The van der Waals surface area contributed by atoms with E-state index in [9.17, 15) is 0 Å². The molecule has 2 aromatic carbocycles. The van der Waals surface area contributed by atoms with Gasteiger partial charge in [0.1, 0.15) is 5.75 Å². The molecule has 2 N–H and O–H groups in total. The van der Waals surface area contributed by atoms with Crippen LogP contribution in [0, 0.1) is 0 Å². The quantitative estimate of drug-likeness (QED) is 0.446. The summed E-state index contributed by atoms with van der Waals surface area (Å²) in [6.45, 7) is 0.546. The molecule has 0 atom stereocenters. The summed E-state index contributed by atoms with van der Waals surface area (Å²) in [6.07, 6.45) is 1.86. The van der Waals surface area contributed by atoms with Crippen molar-refractivity contribution in [3.8, 4) is 5.75 Å². The number of rotatable bonds is 5. The summed E-state index contributed by atoms with van der Waals surface area (Å²) in [4.78, 5) is 0. The molecule has 1 heterocycles. The SMILES string of the molecule is COc1ccccc1NC(=S)Nc1nn(Cc2ccc(Cl)c(Cl)c2)cc1Br. The number of hydrogen-bond donors (Lipinski definition) is 2. The summed E-state index contributed by atoms with van der Waals surface area (Å²) in [5.74, 6) is 1.30. The van der Waals surface area contributed by atoms with Crippen molar-refractivity contribution in [3.05, 3.63) is 68.7 Å². The third-order valence-electron chi connectivity index (χ3n) is 3.63. The van der Waals surface area contributed by atoms with Crippen LogP contribution in [0.1, 0.15) is 5.56 Å². The van der Waals surface area contributed by atoms with Crippen molar-refractivity contribution in [1.29, 1.82) is 0 Å². The Morgan fingerprint density at radius 3 is 2.70 bits per heavy atom. The molecule has 0 aliphatic heterocycles. The van der Waals surface area contributed by atoms with Crippen molar-refractivity contribution in [3.63, 3.8) is 0 Å². The third kappa shape index (κ3) is 5.13. The maximum atomic E-state index is 6.07. The molecular weight excluding hydrogens is 471 g/mol. The smallest absolute Gasteiger partial charge is 0.176 e. The molecule has 0 unspecified atom stereocenters. The van der Waals surface area contributed by atoms with Crippen LogP contribution in [-0.4, -0.2) is 22.0 Å². The number of para-hydroxylation sites is 2. The standard InChI is InChI=1S/C18H15BrCl2N4OS/c1-26-16-5-3-2-4-15(16)22-18(27)23-17-12(19)10-25(24-17)9-11-6-7-13(20)14(21)8-11/h2-8,10H,9H2,1H3,(H2,22,23,24,27). The van der Waals surface area contributed by atoms with E-state index in [1.54, 1.807) is 17.9 Å². The summed E-state index contributed by atoms with van der Waals surface area (Å²) < 4.78 is 7.87. The molecule has 0 amide bonds. The molecule has 0 saturated heterocycles. The highest BCUT2D eigenvalue weighted by atomic mass is 79.9. The fourth-order valence-corrected chi connectivity index (χ4v) is 3.34. The Bertz CT molecular complexity index is 980. The van der Waals surface area contributed by atoms with Crippen molar-refractivity contribution >= 4 is 68.0 Å². The average Bonchev–Trinajstić information content (AvgIpc) is 2.97. The highest BCUT2D eigenvalue weighted by Gasteiger charge is 2.11. The second-order valence-corrected chi connectivity index (χ2v) is 7.63. The van der Waals surface area contributed by atoms with Crippen LogP contribution in [0.25, 0.3) is 0 Å². The lowest BCUT2D eigenvalue weighted by Crippen LogP contribution is -2.20. The van der Waals surface area contributed by atoms with Crippen molar-refractivity contribution in [2.75, 3.05) is 17.7 Å². The largest absolute Gasteiger partial charge is 0.495 e. The molecule has 3 rings (SSSR count). The second-order valence-electron chi connectivity index (χ2n) is 5.55. The van der Waals surface area contributed by atoms with E-state index in [2.05, 4.69) is 31.7 Å². The van der Waals surface area contributed by atoms with Gasteiger partial charge >= 0.3 is 0 Å². The van der Waals surface area contributed by atoms with Gasteiger partial charge in [-0.1, -0.05) is 41.4 Å². The lowest BCUT2D eigenvalue weighted by atomic mass is 10.2. The monoisotopic (exact) mass is 484 g/mol. The van der Waals surface area contributed by atoms with E-state index < -0.39 is 0 Å². The van der Waals surface area contributed by atoms with Gasteiger partial charge < -0.3 is 15.4 Å². The fourth-order valence-electron chi connectivity index (χ4n) is 2.40. The van der Waals surface area contributed by atoms with Crippen LogP contribution in [0.4, 0.5) is 11.5 Å². The minimum atomic E-state index is 0.403. The number of nitrogens with one attached hydrogen (secondary N) is 2. The van der Waals surface area contributed by atoms with E-state index in [1.165, 1.54) is 0 Å². The van der Waals surface area contributed by atoms with Crippen LogP contribution in [0.5, 0.6) is 5.75 Å². The van der Waals surface area contributed by atoms with E-state index in [-0.39, 0.29) is 0 Å². The van der Waals surface area contributed by atoms with Gasteiger partial charge in [0.25, 0.3) is 0 Å². The predicted molar refractivity (Wildman–Crippen MR) is 118 cm³/mol. The second kappa shape index (κ2) is 8.93. The minimum Gasteiger partial charge on any atom is -0.495 e. The van der Waals surface area contributed by atoms with E-state index in [0.29, 0.717) is 33.3 Å². The Kier molecular flexibility index (Phi) is 6.59. The summed E-state index contributed by atoms with van der Waals surface area (Å²) in [6, 6.07) is 13.0. The number of hydrogen-bond acceptors (Lipinski definition) is 3. The van der Waals surface area contributed by atoms with Gasteiger partial charge in [-0.3, -0.25) is 4.68 Å². The van der Waals surface area contributed by atoms with Crippen LogP contribution in [-0.2, 0) is 6.54 Å². The van der Waals surface area contributed by atoms with Gasteiger partial charge in [0.2, 0.25) is 0 Å². The molecule has 1 aromatic heterocycles. The fraction of sp³-hybridized carbons (Fsp3) is 0.111. The number of nitrogens with zero attached hydrogens (tertiary/aromatic N) is 2. The van der Waals surface area contributed by atoms with Gasteiger partial charge in [0, 0.05) is 6.20 Å². The number of anilines is 2. The zero-order valence-electron chi connectivity index (χ0n) is 14.2. The molecule has 3 aromatic rings. The van der Waals surface area contributed by atoms with E-state index >= 15 is 0 Å². The predicted octanol–water partition coefficient (Wildman–Crippen LogP) is 5.82. The van der Waals surface area contributed by atoms with Crippen LogP contribution in [0.3, 0.4) is 0 Å². The average molecular weight is 486 g/mol. The lowest BCUT2D eigenvalue weighted by Gasteiger charge is -2.12. The zero-order valence-corrected chi connectivity index (χ0v) is 18.1. The molecule has 5 nitrogen and oxygen atoms in total. The number of thiocarbonyl (C=S) groups is 1. The van der Waals surface area contributed by atoms with Crippen molar-refractivity contribution in [2.24, 2.45) is 0 Å². The molecule has 140 valence electrons. The molecule has 0 aliphatic carbocycles. The first-order valence-corrected chi connectivity index (χ1v) is 9.80. The normalized spacial score (nSPS) is 10.5. The molecular formula is C18H15BrCl2N4OS. The van der Waals surface area contributed by atoms with Gasteiger partial charge in [-0.2, -0.15) is 5.10 Å². The van der Waals surface area contributed by atoms with Crippen LogP contribution >= 0.6 is 51.3 Å². The Balaban J connectivity index is 1.69. The molecule has 0 radical (unpaired) electrons. The van der Waals surface area contributed by atoms with Crippen LogP contribution in [0.2, 0.25) is 10.0 Å². The number of methoxy groups -OCH3 is 1. The maximum absolute atomic E-state index is 6.07. The number of benzene rings is 2. The van der Waals surface area contributed by atoms with Crippen molar-refractivity contribution < 1.29 is 4.74 Å². The summed E-state index contributed by atoms with van der Waals surface area (Å²) in [5, 5.41) is 12.1. The first-order valence-electron chi connectivity index (χ1n) is 7.84.